The molecule has 0 aromatic heterocycles. The maximum absolute atomic E-state index is 12.5. The van der Waals surface area contributed by atoms with Gasteiger partial charge in [-0.1, -0.05) is 6.07 Å². The van der Waals surface area contributed by atoms with E-state index in [0.717, 1.165) is 0 Å². The van der Waals surface area contributed by atoms with Gasteiger partial charge in [-0.2, -0.15) is 0 Å². The van der Waals surface area contributed by atoms with Crippen molar-refractivity contribution in [1.82, 2.24) is 0 Å². The number of carbonyl (C=O) groups excluding carboxylic acids is 3. The van der Waals surface area contributed by atoms with Gasteiger partial charge in [-0.25, -0.2) is 9.59 Å². The zero-order chi connectivity index (χ0) is 23.1. The van der Waals surface area contributed by atoms with E-state index in [2.05, 4.69) is 5.32 Å². The molecule has 0 unspecified atom stereocenters. The molecule has 0 saturated carbocycles. The first-order chi connectivity index (χ1) is 15.4. The van der Waals surface area contributed by atoms with Gasteiger partial charge in [-0.3, -0.25) is 4.79 Å². The van der Waals surface area contributed by atoms with Crippen molar-refractivity contribution in [3.63, 3.8) is 0 Å². The van der Waals surface area contributed by atoms with E-state index in [1.54, 1.807) is 55.6 Å². The van der Waals surface area contributed by atoms with Crippen LogP contribution in [0.4, 0.5) is 5.69 Å². The molecule has 0 heterocycles. The fourth-order valence-corrected chi connectivity index (χ4v) is 2.87. The summed E-state index contributed by atoms with van der Waals surface area (Å²) in [6.07, 6.45) is 0. The summed E-state index contributed by atoms with van der Waals surface area (Å²) in [5, 5.41) is 2.80. The molecule has 0 radical (unpaired) electrons. The number of rotatable bonds is 7. The number of carbonyl (C=O) groups is 3. The molecule has 0 bridgehead atoms. The second-order valence-corrected chi connectivity index (χ2v) is 6.50. The summed E-state index contributed by atoms with van der Waals surface area (Å²) >= 11 is 0. The minimum atomic E-state index is -0.698. The lowest BCUT2D eigenvalue weighted by Gasteiger charge is -2.12. The van der Waals surface area contributed by atoms with E-state index in [4.69, 9.17) is 18.9 Å². The van der Waals surface area contributed by atoms with E-state index in [0.29, 0.717) is 28.5 Å². The third-order valence-corrected chi connectivity index (χ3v) is 4.48. The predicted molar refractivity (Wildman–Crippen MR) is 117 cm³/mol. The molecule has 0 saturated heterocycles. The highest BCUT2D eigenvalue weighted by atomic mass is 16.5. The Balaban J connectivity index is 1.78. The topological polar surface area (TPSA) is 100 Å². The summed E-state index contributed by atoms with van der Waals surface area (Å²) < 4.78 is 20.3. The van der Waals surface area contributed by atoms with Crippen LogP contribution in [0.3, 0.4) is 0 Å². The van der Waals surface area contributed by atoms with E-state index < -0.39 is 11.9 Å². The molecule has 0 fully saturated rings. The number of esters is 2. The van der Waals surface area contributed by atoms with Gasteiger partial charge in [0.15, 0.2) is 0 Å². The minimum absolute atomic E-state index is 0.0146. The average molecular weight is 435 g/mol. The molecule has 0 spiro atoms. The summed E-state index contributed by atoms with van der Waals surface area (Å²) in [6.45, 7) is 0. The van der Waals surface area contributed by atoms with Crippen LogP contribution in [0.25, 0.3) is 0 Å². The number of anilines is 1. The lowest BCUT2D eigenvalue weighted by atomic mass is 10.1. The lowest BCUT2D eigenvalue weighted by molar-refractivity contribution is 0.0555. The van der Waals surface area contributed by atoms with Crippen molar-refractivity contribution in [3.8, 4) is 17.2 Å². The van der Waals surface area contributed by atoms with Crippen LogP contribution in [0.1, 0.15) is 31.1 Å². The van der Waals surface area contributed by atoms with Crippen molar-refractivity contribution in [2.24, 2.45) is 0 Å². The Hall–Kier alpha value is -4.33. The average Bonchev–Trinajstić information content (AvgIpc) is 2.83. The largest absolute Gasteiger partial charge is 0.497 e. The van der Waals surface area contributed by atoms with Gasteiger partial charge in [0, 0.05) is 17.3 Å². The third-order valence-electron chi connectivity index (χ3n) is 4.48. The number of ether oxygens (including phenoxy) is 4. The number of amides is 1. The van der Waals surface area contributed by atoms with Gasteiger partial charge < -0.3 is 24.3 Å². The SMILES string of the molecule is COC(=O)c1ccc(Oc2cccc(NC(=O)c3ccc(OC)cc3)c2)cc1C(=O)OC. The normalized spacial score (nSPS) is 10.1. The Morgan fingerprint density at radius 2 is 1.31 bits per heavy atom. The molecule has 8 nitrogen and oxygen atoms in total. The van der Waals surface area contributed by atoms with Gasteiger partial charge in [0.05, 0.1) is 32.5 Å². The zero-order valence-electron chi connectivity index (χ0n) is 17.7. The monoisotopic (exact) mass is 435 g/mol. The molecule has 0 aliphatic heterocycles. The Morgan fingerprint density at radius 1 is 0.688 bits per heavy atom. The second-order valence-electron chi connectivity index (χ2n) is 6.50. The van der Waals surface area contributed by atoms with Gasteiger partial charge in [0.2, 0.25) is 0 Å². The smallest absolute Gasteiger partial charge is 0.338 e. The summed E-state index contributed by atoms with van der Waals surface area (Å²) in [6, 6.07) is 17.8. The second kappa shape index (κ2) is 10.1. The molecule has 1 N–H and O–H groups in total. The van der Waals surface area contributed by atoms with Crippen molar-refractivity contribution in [1.29, 1.82) is 0 Å². The summed E-state index contributed by atoms with van der Waals surface area (Å²) in [5.41, 5.74) is 1.06. The van der Waals surface area contributed by atoms with Gasteiger partial charge in [-0.15, -0.1) is 0 Å². The van der Waals surface area contributed by atoms with Crippen LogP contribution in [-0.2, 0) is 9.47 Å². The summed E-state index contributed by atoms with van der Waals surface area (Å²) in [5.74, 6) is -0.283. The maximum Gasteiger partial charge on any atom is 0.338 e. The molecule has 0 aliphatic carbocycles. The van der Waals surface area contributed by atoms with Gasteiger partial charge in [0.1, 0.15) is 17.2 Å². The molecular weight excluding hydrogens is 414 g/mol. The minimum Gasteiger partial charge on any atom is -0.497 e. The Kier molecular flexibility index (Phi) is 7.07. The molecule has 3 rings (SSSR count). The first-order valence-electron chi connectivity index (χ1n) is 9.49. The van der Waals surface area contributed by atoms with E-state index >= 15 is 0 Å². The van der Waals surface area contributed by atoms with Crippen molar-refractivity contribution in [3.05, 3.63) is 83.4 Å². The number of methoxy groups -OCH3 is 3. The predicted octanol–water partition coefficient (Wildman–Crippen LogP) is 4.31. The van der Waals surface area contributed by atoms with Crippen LogP contribution < -0.4 is 14.8 Å². The first-order valence-corrected chi connectivity index (χ1v) is 9.49. The number of hydrogen-bond acceptors (Lipinski definition) is 7. The Bertz CT molecular complexity index is 1140. The number of benzene rings is 3. The molecule has 0 aliphatic rings. The van der Waals surface area contributed by atoms with Crippen LogP contribution in [0.15, 0.2) is 66.7 Å². The quantitative estimate of drug-likeness (QED) is 0.552. The highest BCUT2D eigenvalue weighted by Gasteiger charge is 2.19. The Labute approximate surface area is 184 Å². The van der Waals surface area contributed by atoms with Crippen molar-refractivity contribution in [2.75, 3.05) is 26.6 Å². The van der Waals surface area contributed by atoms with E-state index in [-0.39, 0.29) is 17.0 Å². The highest BCUT2D eigenvalue weighted by Crippen LogP contribution is 2.27. The number of hydrogen-bond donors (Lipinski definition) is 1. The fourth-order valence-electron chi connectivity index (χ4n) is 2.87. The van der Waals surface area contributed by atoms with Gasteiger partial charge in [-0.05, 0) is 54.6 Å². The van der Waals surface area contributed by atoms with Crippen LogP contribution in [-0.4, -0.2) is 39.2 Å². The molecule has 1 amide bonds. The molecule has 164 valence electrons. The standard InChI is InChI=1S/C24H21NO7/c1-29-17-9-7-15(8-10-17)22(26)25-16-5-4-6-18(13-16)32-19-11-12-20(23(27)30-2)21(14-19)24(28)31-3/h4-14H,1-3H3,(H,25,26). The van der Waals surface area contributed by atoms with Crippen LogP contribution in [0, 0.1) is 0 Å². The molecule has 0 atom stereocenters. The zero-order valence-corrected chi connectivity index (χ0v) is 17.7. The molecule has 3 aromatic rings. The number of nitrogens with one attached hydrogen (secondary N) is 1. The van der Waals surface area contributed by atoms with Crippen LogP contribution in [0.2, 0.25) is 0 Å². The van der Waals surface area contributed by atoms with Gasteiger partial charge >= 0.3 is 11.9 Å². The summed E-state index contributed by atoms with van der Waals surface area (Å²) in [4.78, 5) is 36.5. The third kappa shape index (κ3) is 5.23. The van der Waals surface area contributed by atoms with Crippen molar-refractivity contribution < 1.29 is 33.3 Å². The van der Waals surface area contributed by atoms with E-state index in [9.17, 15) is 14.4 Å². The summed E-state index contributed by atoms with van der Waals surface area (Å²) in [7, 11) is 3.99. The van der Waals surface area contributed by atoms with Crippen LogP contribution in [0.5, 0.6) is 17.2 Å². The molecule has 8 heteroatoms. The molecular formula is C24H21NO7. The van der Waals surface area contributed by atoms with Crippen LogP contribution >= 0.6 is 0 Å². The molecule has 3 aromatic carbocycles. The fraction of sp³-hybridized carbons (Fsp3) is 0.125. The van der Waals surface area contributed by atoms with E-state index in [1.807, 2.05) is 0 Å². The first kappa shape index (κ1) is 22.4. The lowest BCUT2D eigenvalue weighted by Crippen LogP contribution is -2.12. The van der Waals surface area contributed by atoms with E-state index in [1.165, 1.54) is 32.4 Å². The van der Waals surface area contributed by atoms with Crippen molar-refractivity contribution in [2.45, 2.75) is 0 Å². The Morgan fingerprint density at radius 3 is 1.97 bits per heavy atom. The van der Waals surface area contributed by atoms with Gasteiger partial charge in [0.25, 0.3) is 5.91 Å². The van der Waals surface area contributed by atoms with Crippen molar-refractivity contribution >= 4 is 23.5 Å². The molecule has 32 heavy (non-hydrogen) atoms. The highest BCUT2D eigenvalue weighted by molar-refractivity contribution is 6.04. The maximum atomic E-state index is 12.5.